The van der Waals surface area contributed by atoms with Crippen molar-refractivity contribution in [1.82, 2.24) is 5.32 Å². The normalized spacial score (nSPS) is 11.8. The Hall–Kier alpha value is -1.02. The summed E-state index contributed by atoms with van der Waals surface area (Å²) in [6.45, 7) is 9.32. The van der Waals surface area contributed by atoms with Crippen LogP contribution in [0.2, 0.25) is 0 Å². The van der Waals surface area contributed by atoms with Crippen LogP contribution in [0.1, 0.15) is 37.5 Å². The van der Waals surface area contributed by atoms with E-state index < -0.39 is 0 Å². The molecule has 0 atom stereocenters. The predicted molar refractivity (Wildman–Crippen MR) is 69.2 cm³/mol. The molecule has 0 heterocycles. The van der Waals surface area contributed by atoms with Crippen LogP contribution in [-0.2, 0) is 11.8 Å². The van der Waals surface area contributed by atoms with Gasteiger partial charge in [-0.1, -0.05) is 32.9 Å². The Balaban J connectivity index is 3.12. The van der Waals surface area contributed by atoms with Gasteiger partial charge < -0.3 is 10.4 Å². The SMILES string of the molecule is CNCCc1cc(C)c(O)c(C(C)(C)C)c1. The summed E-state index contributed by atoms with van der Waals surface area (Å²) in [7, 11) is 1.96. The van der Waals surface area contributed by atoms with Crippen molar-refractivity contribution in [2.75, 3.05) is 13.6 Å². The van der Waals surface area contributed by atoms with E-state index in [1.54, 1.807) is 0 Å². The van der Waals surface area contributed by atoms with E-state index in [0.717, 1.165) is 24.1 Å². The van der Waals surface area contributed by atoms with Crippen LogP contribution in [0, 0.1) is 6.92 Å². The Kier molecular flexibility index (Phi) is 3.98. The van der Waals surface area contributed by atoms with E-state index in [-0.39, 0.29) is 5.41 Å². The van der Waals surface area contributed by atoms with Gasteiger partial charge in [0.1, 0.15) is 5.75 Å². The second kappa shape index (κ2) is 4.88. The van der Waals surface area contributed by atoms with E-state index in [9.17, 15) is 5.11 Å². The number of benzene rings is 1. The number of phenolic OH excluding ortho intramolecular Hbond substituents is 1. The fourth-order valence-corrected chi connectivity index (χ4v) is 1.84. The molecule has 0 aromatic heterocycles. The Bertz CT molecular complexity index is 364. The second-order valence-electron chi connectivity index (χ2n) is 5.41. The molecule has 0 bridgehead atoms. The molecule has 0 amide bonds. The van der Waals surface area contributed by atoms with E-state index >= 15 is 0 Å². The summed E-state index contributed by atoms with van der Waals surface area (Å²) in [6, 6.07) is 4.20. The van der Waals surface area contributed by atoms with Crippen molar-refractivity contribution >= 4 is 0 Å². The Labute approximate surface area is 98.7 Å². The van der Waals surface area contributed by atoms with Gasteiger partial charge in [-0.05, 0) is 49.0 Å². The monoisotopic (exact) mass is 221 g/mol. The third-order valence-electron chi connectivity index (χ3n) is 2.83. The lowest BCUT2D eigenvalue weighted by Gasteiger charge is -2.22. The van der Waals surface area contributed by atoms with Crippen LogP contribution in [0.25, 0.3) is 0 Å². The van der Waals surface area contributed by atoms with Crippen molar-refractivity contribution in [2.45, 2.75) is 39.5 Å². The third-order valence-corrected chi connectivity index (χ3v) is 2.83. The first-order chi connectivity index (χ1) is 7.36. The largest absolute Gasteiger partial charge is 0.507 e. The Morgan fingerprint density at radius 1 is 1.25 bits per heavy atom. The minimum absolute atomic E-state index is 0.00943. The summed E-state index contributed by atoms with van der Waals surface area (Å²) in [5.41, 5.74) is 3.29. The number of aromatic hydroxyl groups is 1. The molecule has 0 saturated heterocycles. The lowest BCUT2D eigenvalue weighted by Crippen LogP contribution is -2.14. The molecule has 0 unspecified atom stereocenters. The molecule has 1 rings (SSSR count). The van der Waals surface area contributed by atoms with Gasteiger partial charge in [0.25, 0.3) is 0 Å². The Morgan fingerprint density at radius 2 is 1.88 bits per heavy atom. The number of hydrogen-bond acceptors (Lipinski definition) is 2. The molecule has 0 aliphatic carbocycles. The summed E-state index contributed by atoms with van der Waals surface area (Å²) < 4.78 is 0. The van der Waals surface area contributed by atoms with Crippen molar-refractivity contribution in [3.05, 3.63) is 28.8 Å². The third kappa shape index (κ3) is 2.99. The smallest absolute Gasteiger partial charge is 0.122 e. The quantitative estimate of drug-likeness (QED) is 0.822. The van der Waals surface area contributed by atoms with Crippen LogP contribution in [0.15, 0.2) is 12.1 Å². The van der Waals surface area contributed by atoms with Gasteiger partial charge in [0.05, 0.1) is 0 Å². The summed E-state index contributed by atoms with van der Waals surface area (Å²) in [5, 5.41) is 13.2. The molecule has 0 radical (unpaired) electrons. The predicted octanol–water partition coefficient (Wildman–Crippen LogP) is 2.76. The fraction of sp³-hybridized carbons (Fsp3) is 0.571. The highest BCUT2D eigenvalue weighted by Gasteiger charge is 2.19. The number of hydrogen-bond donors (Lipinski definition) is 2. The molecule has 1 aromatic carbocycles. The highest BCUT2D eigenvalue weighted by molar-refractivity contribution is 5.46. The maximum atomic E-state index is 10.1. The number of nitrogens with one attached hydrogen (secondary N) is 1. The van der Waals surface area contributed by atoms with Gasteiger partial charge in [0.15, 0.2) is 0 Å². The maximum absolute atomic E-state index is 10.1. The number of likely N-dealkylation sites (N-methyl/N-ethyl adjacent to an activating group) is 1. The number of aryl methyl sites for hydroxylation is 1. The zero-order chi connectivity index (χ0) is 12.3. The van der Waals surface area contributed by atoms with Gasteiger partial charge in [0, 0.05) is 0 Å². The minimum Gasteiger partial charge on any atom is -0.507 e. The first-order valence-corrected chi connectivity index (χ1v) is 5.84. The van der Waals surface area contributed by atoms with Crippen LogP contribution in [0.5, 0.6) is 5.75 Å². The van der Waals surface area contributed by atoms with Crippen molar-refractivity contribution < 1.29 is 5.11 Å². The van der Waals surface area contributed by atoms with Gasteiger partial charge >= 0.3 is 0 Å². The van der Waals surface area contributed by atoms with E-state index in [0.29, 0.717) is 5.75 Å². The molecule has 0 aliphatic rings. The summed E-state index contributed by atoms with van der Waals surface area (Å²) in [4.78, 5) is 0. The molecule has 2 nitrogen and oxygen atoms in total. The maximum Gasteiger partial charge on any atom is 0.122 e. The van der Waals surface area contributed by atoms with Gasteiger partial charge in [-0.15, -0.1) is 0 Å². The van der Waals surface area contributed by atoms with E-state index in [1.807, 2.05) is 14.0 Å². The topological polar surface area (TPSA) is 32.3 Å². The molecule has 2 N–H and O–H groups in total. The molecule has 0 aliphatic heterocycles. The van der Waals surface area contributed by atoms with Crippen LogP contribution in [-0.4, -0.2) is 18.7 Å². The van der Waals surface area contributed by atoms with Gasteiger partial charge in [-0.3, -0.25) is 0 Å². The molecule has 90 valence electrons. The van der Waals surface area contributed by atoms with Crippen molar-refractivity contribution in [3.8, 4) is 5.75 Å². The van der Waals surface area contributed by atoms with Crippen LogP contribution in [0.3, 0.4) is 0 Å². The fourth-order valence-electron chi connectivity index (χ4n) is 1.84. The molecule has 1 aromatic rings. The van der Waals surface area contributed by atoms with Crippen LogP contribution in [0.4, 0.5) is 0 Å². The first-order valence-electron chi connectivity index (χ1n) is 5.84. The molecule has 0 fully saturated rings. The van der Waals surface area contributed by atoms with E-state index in [1.165, 1.54) is 5.56 Å². The average molecular weight is 221 g/mol. The molecule has 16 heavy (non-hydrogen) atoms. The molecular formula is C14H23NO. The number of rotatable bonds is 3. The van der Waals surface area contributed by atoms with Crippen molar-refractivity contribution in [2.24, 2.45) is 0 Å². The lowest BCUT2D eigenvalue weighted by molar-refractivity contribution is 0.442. The Morgan fingerprint density at radius 3 is 2.38 bits per heavy atom. The zero-order valence-corrected chi connectivity index (χ0v) is 11.0. The summed E-state index contributed by atoms with van der Waals surface area (Å²) in [5.74, 6) is 0.445. The summed E-state index contributed by atoms with van der Waals surface area (Å²) in [6.07, 6.45) is 1.00. The standard InChI is InChI=1S/C14H23NO/c1-10-8-11(6-7-15-5)9-12(13(10)16)14(2,3)4/h8-9,15-16H,6-7H2,1-5H3. The zero-order valence-electron chi connectivity index (χ0n) is 11.0. The van der Waals surface area contributed by atoms with Gasteiger partial charge in [-0.25, -0.2) is 0 Å². The van der Waals surface area contributed by atoms with Gasteiger partial charge in [-0.2, -0.15) is 0 Å². The molecule has 0 saturated carbocycles. The van der Waals surface area contributed by atoms with Crippen molar-refractivity contribution in [3.63, 3.8) is 0 Å². The minimum atomic E-state index is -0.00943. The van der Waals surface area contributed by atoms with Crippen LogP contribution >= 0.6 is 0 Å². The average Bonchev–Trinajstić information content (AvgIpc) is 2.17. The highest BCUT2D eigenvalue weighted by Crippen LogP contribution is 2.34. The summed E-state index contributed by atoms with van der Waals surface area (Å²) >= 11 is 0. The lowest BCUT2D eigenvalue weighted by atomic mass is 9.84. The molecule has 0 spiro atoms. The first kappa shape index (κ1) is 13.0. The van der Waals surface area contributed by atoms with Crippen LogP contribution < -0.4 is 5.32 Å². The van der Waals surface area contributed by atoms with Gasteiger partial charge in [0.2, 0.25) is 0 Å². The highest BCUT2D eigenvalue weighted by atomic mass is 16.3. The van der Waals surface area contributed by atoms with E-state index in [4.69, 9.17) is 0 Å². The second-order valence-corrected chi connectivity index (χ2v) is 5.41. The van der Waals surface area contributed by atoms with Crippen molar-refractivity contribution in [1.29, 1.82) is 0 Å². The van der Waals surface area contributed by atoms with E-state index in [2.05, 4.69) is 38.2 Å². The molecular weight excluding hydrogens is 198 g/mol. The number of phenols is 1. The molecule has 2 heteroatoms.